The van der Waals surface area contributed by atoms with Crippen molar-refractivity contribution in [2.24, 2.45) is 0 Å². The number of piperazine rings is 2. The predicted molar refractivity (Wildman–Crippen MR) is 272 cm³/mol. The van der Waals surface area contributed by atoms with Gasteiger partial charge in [0.25, 0.3) is 16.9 Å². The van der Waals surface area contributed by atoms with Gasteiger partial charge in [-0.05, 0) is 66.5 Å². The van der Waals surface area contributed by atoms with E-state index in [2.05, 4.69) is 35.5 Å². The van der Waals surface area contributed by atoms with Gasteiger partial charge in [0.1, 0.15) is 73.8 Å². The Morgan fingerprint density at radius 3 is 1.81 bits per heavy atom. The zero-order chi connectivity index (χ0) is 55.6. The molecule has 0 unspecified atom stereocenters. The van der Waals surface area contributed by atoms with Crippen LogP contribution in [0.25, 0.3) is 23.1 Å². The lowest BCUT2D eigenvalue weighted by Crippen LogP contribution is -2.51. The van der Waals surface area contributed by atoms with Crippen molar-refractivity contribution in [2.45, 2.75) is 92.2 Å². The van der Waals surface area contributed by atoms with Crippen molar-refractivity contribution in [1.29, 1.82) is 0 Å². The normalized spacial score (nSPS) is 16.3. The van der Waals surface area contributed by atoms with Crippen molar-refractivity contribution >= 4 is 69.8 Å². The number of hydrogen-bond donors (Lipinski definition) is 2. The standard InChI is InChI=1S/C28H32ClF3N8O6.C20H28N6O5/c1-5-17-21(37-8-10-38(11-9-37)26(43)46-27(2,3)4)24(42)40-25(35-23(36-40)18-15-44-12-13-45-18)39(17)14-20(41)33-16-6-7-19(28(30,31)32)34-22(16)29;1-5-13-15(24-6-8-25(9-7-24)19(28)31-20(2,3)4)17(27)26-18(21-13)22-16(23-26)14-12-29-10-11-30-14/h6-7,15H,5,8-14H2,1-4H3,(H,33,41);12H,5-11H2,1-4H3,(H,21,22,23). The Balaban J connectivity index is 0.000000220. The molecule has 0 radical (unpaired) electrons. The van der Waals surface area contributed by atoms with Gasteiger partial charge >= 0.3 is 18.4 Å². The molecule has 2 N–H and O–H groups in total. The molecule has 9 heterocycles. The van der Waals surface area contributed by atoms with E-state index >= 15 is 0 Å². The molecule has 5 aromatic heterocycles. The highest BCUT2D eigenvalue weighted by Gasteiger charge is 2.35. The third kappa shape index (κ3) is 12.7. The highest BCUT2D eigenvalue weighted by Crippen LogP contribution is 2.32. The van der Waals surface area contributed by atoms with Crippen LogP contribution in [-0.2, 0) is 58.8 Å². The molecule has 77 heavy (non-hydrogen) atoms. The van der Waals surface area contributed by atoms with Crippen molar-refractivity contribution in [3.63, 3.8) is 0 Å². The number of anilines is 3. The molecule has 0 saturated carbocycles. The van der Waals surface area contributed by atoms with E-state index in [1.807, 2.05) is 37.5 Å². The average molecular weight is 1100 g/mol. The highest BCUT2D eigenvalue weighted by atomic mass is 35.5. The smallest absolute Gasteiger partial charge is 0.433 e. The van der Waals surface area contributed by atoms with E-state index in [0.29, 0.717) is 87.1 Å². The largest absolute Gasteiger partial charge is 0.494 e. The Kier molecular flexibility index (Phi) is 16.2. The Labute approximate surface area is 443 Å². The first-order chi connectivity index (χ1) is 36.4. The molecular formula is C48H60ClF3N14O11. The van der Waals surface area contributed by atoms with Crippen molar-refractivity contribution in [3.8, 4) is 0 Å². The topological polar surface area (TPSA) is 260 Å². The third-order valence-corrected chi connectivity index (χ3v) is 12.3. The summed E-state index contributed by atoms with van der Waals surface area (Å²) in [6.07, 6.45) is -1.85. The molecule has 4 aliphatic rings. The highest BCUT2D eigenvalue weighted by molar-refractivity contribution is 6.32. The maximum Gasteiger partial charge on any atom is 0.433 e. The van der Waals surface area contributed by atoms with Crippen LogP contribution in [-0.4, -0.2) is 162 Å². The zero-order valence-corrected chi connectivity index (χ0v) is 44.5. The van der Waals surface area contributed by atoms with Crippen molar-refractivity contribution in [2.75, 3.05) is 93.9 Å². The molecule has 0 atom stereocenters. The molecule has 9 rings (SSSR count). The Hall–Kier alpha value is -7.78. The van der Waals surface area contributed by atoms with E-state index in [1.165, 1.54) is 21.6 Å². The minimum absolute atomic E-state index is 0.0230. The number of amides is 3. The maximum atomic E-state index is 14.0. The number of rotatable bonds is 9. The number of hydrogen-bond acceptors (Lipinski definition) is 18. The molecule has 29 heteroatoms. The number of pyridine rings is 1. The summed E-state index contributed by atoms with van der Waals surface area (Å²) in [6.45, 7) is 18.7. The number of H-pyrrole nitrogens is 1. The fourth-order valence-corrected chi connectivity index (χ4v) is 8.74. The van der Waals surface area contributed by atoms with Crippen LogP contribution in [0.5, 0.6) is 0 Å². The molecule has 25 nitrogen and oxygen atoms in total. The van der Waals surface area contributed by atoms with Crippen LogP contribution < -0.4 is 26.2 Å². The average Bonchev–Trinajstić information content (AvgIpc) is 4.10. The SMILES string of the molecule is CCc1c(N2CCN(C(=O)OC(C)(C)C)CC2)c(=O)n2nc(C3=COCCO3)nc2n1CC(=O)Nc1ccc(C(F)(F)F)nc1Cl.CCc1nc2nc(C3=COCCO3)[nH]n2c(=O)c1N1CCN(C(=O)OC(C)(C)C)CC1. The first-order valence-electron chi connectivity index (χ1n) is 24.9. The van der Waals surface area contributed by atoms with Gasteiger partial charge in [-0.1, -0.05) is 25.4 Å². The Morgan fingerprint density at radius 1 is 0.727 bits per heavy atom. The second kappa shape index (κ2) is 22.4. The van der Waals surface area contributed by atoms with Gasteiger partial charge in [-0.2, -0.15) is 32.2 Å². The predicted octanol–water partition coefficient (Wildman–Crippen LogP) is 4.94. The van der Waals surface area contributed by atoms with Crippen LogP contribution in [0.15, 0.2) is 34.2 Å². The molecule has 0 aliphatic carbocycles. The number of ether oxygens (including phenoxy) is 6. The second-order valence-electron chi connectivity index (χ2n) is 19.9. The van der Waals surface area contributed by atoms with E-state index in [4.69, 9.17) is 40.0 Å². The fourth-order valence-electron chi connectivity index (χ4n) is 8.53. The van der Waals surface area contributed by atoms with Crippen LogP contribution in [0.3, 0.4) is 0 Å². The van der Waals surface area contributed by atoms with Gasteiger partial charge < -0.3 is 57.9 Å². The Morgan fingerprint density at radius 2 is 1.30 bits per heavy atom. The molecule has 3 amide bonds. The summed E-state index contributed by atoms with van der Waals surface area (Å²) in [5.41, 5.74) is -1.39. The summed E-state index contributed by atoms with van der Waals surface area (Å²) in [7, 11) is 0. The fraction of sp³-hybridized carbons (Fsp3) is 0.542. The summed E-state index contributed by atoms with van der Waals surface area (Å²) in [4.78, 5) is 89.5. The molecule has 5 aromatic rings. The van der Waals surface area contributed by atoms with Gasteiger partial charge in [0.05, 0.1) is 17.1 Å². The number of carbonyl (C=O) groups excluding carboxylic acids is 3. The number of halogens is 4. The van der Waals surface area contributed by atoms with Crippen LogP contribution in [0.4, 0.5) is 39.8 Å². The first kappa shape index (κ1) is 55.5. The number of fused-ring (bicyclic) bond motifs is 2. The summed E-state index contributed by atoms with van der Waals surface area (Å²) < 4.78 is 75.8. The maximum absolute atomic E-state index is 14.0. The van der Waals surface area contributed by atoms with Crippen molar-refractivity contribution in [1.82, 2.24) is 53.5 Å². The van der Waals surface area contributed by atoms with Gasteiger partial charge in [0.2, 0.25) is 23.3 Å². The van der Waals surface area contributed by atoms with Crippen LogP contribution in [0.1, 0.15) is 84.1 Å². The van der Waals surface area contributed by atoms with E-state index in [0.717, 1.165) is 10.6 Å². The van der Waals surface area contributed by atoms with Gasteiger partial charge in [0.15, 0.2) is 16.7 Å². The lowest BCUT2D eigenvalue weighted by atomic mass is 10.2. The molecule has 0 spiro atoms. The van der Waals surface area contributed by atoms with Crippen LogP contribution >= 0.6 is 11.6 Å². The first-order valence-corrected chi connectivity index (χ1v) is 25.2. The van der Waals surface area contributed by atoms with E-state index in [9.17, 15) is 37.1 Å². The van der Waals surface area contributed by atoms with Crippen LogP contribution in [0.2, 0.25) is 5.15 Å². The summed E-state index contributed by atoms with van der Waals surface area (Å²) >= 11 is 5.97. The van der Waals surface area contributed by atoms with Gasteiger partial charge in [-0.15, -0.1) is 5.10 Å². The number of aromatic nitrogens is 9. The lowest BCUT2D eigenvalue weighted by molar-refractivity contribution is -0.141. The van der Waals surface area contributed by atoms with Gasteiger partial charge in [-0.3, -0.25) is 19.5 Å². The summed E-state index contributed by atoms with van der Waals surface area (Å²) in [5, 5.41) is 9.28. The number of aromatic amines is 1. The number of aryl methyl sites for hydroxylation is 1. The minimum Gasteiger partial charge on any atom is -0.494 e. The molecule has 2 fully saturated rings. The van der Waals surface area contributed by atoms with E-state index in [1.54, 1.807) is 37.5 Å². The summed E-state index contributed by atoms with van der Waals surface area (Å²) in [5.74, 6) is 0.691. The number of nitrogens with zero attached hydrogens (tertiary/aromatic N) is 12. The quantitative estimate of drug-likeness (QED) is 0.185. The monoisotopic (exact) mass is 1100 g/mol. The molecule has 0 aromatic carbocycles. The minimum atomic E-state index is -4.72. The second-order valence-corrected chi connectivity index (χ2v) is 20.2. The number of alkyl halides is 3. The van der Waals surface area contributed by atoms with Crippen molar-refractivity contribution in [3.05, 3.63) is 79.2 Å². The molecule has 4 aliphatic heterocycles. The zero-order valence-electron chi connectivity index (χ0n) is 43.8. The molecule has 0 bridgehead atoms. The van der Waals surface area contributed by atoms with Crippen molar-refractivity contribution < 1.29 is 56.0 Å². The van der Waals surface area contributed by atoms with Gasteiger partial charge in [-0.25, -0.2) is 19.6 Å². The number of carbonyl (C=O) groups is 3. The Bertz CT molecular complexity index is 3210. The summed E-state index contributed by atoms with van der Waals surface area (Å²) in [6, 6.07) is 1.71. The molecular weight excluding hydrogens is 1040 g/mol. The van der Waals surface area contributed by atoms with E-state index in [-0.39, 0.29) is 85.4 Å². The van der Waals surface area contributed by atoms with Gasteiger partial charge in [0, 0.05) is 52.4 Å². The van der Waals surface area contributed by atoms with Crippen LogP contribution in [0, 0.1) is 0 Å². The molecule has 416 valence electrons. The number of nitrogens with one attached hydrogen (secondary N) is 2. The lowest BCUT2D eigenvalue weighted by Gasteiger charge is -2.37. The molecule has 2 saturated heterocycles. The third-order valence-electron chi connectivity index (χ3n) is 12.0. The van der Waals surface area contributed by atoms with E-state index < -0.39 is 52.3 Å².